The summed E-state index contributed by atoms with van der Waals surface area (Å²) < 4.78 is 0. The standard InChI is InChI=1S/C9H11ClN2O2/c1-12(2)9(14)11-7-5-6(10)3-4-8(7)13/h3-5,13H,1-2H3,(H,11,14). The van der Waals surface area contributed by atoms with Gasteiger partial charge in [-0.25, -0.2) is 4.79 Å². The van der Waals surface area contributed by atoms with Crippen molar-refractivity contribution in [1.82, 2.24) is 4.90 Å². The van der Waals surface area contributed by atoms with Crippen LogP contribution >= 0.6 is 11.6 Å². The van der Waals surface area contributed by atoms with Gasteiger partial charge in [0.15, 0.2) is 0 Å². The number of hydrogen-bond donors (Lipinski definition) is 2. The van der Waals surface area contributed by atoms with E-state index in [0.717, 1.165) is 0 Å². The second-order valence-electron chi connectivity index (χ2n) is 2.99. The molecule has 0 aromatic heterocycles. The number of urea groups is 1. The molecule has 0 aliphatic heterocycles. The molecule has 0 atom stereocenters. The van der Waals surface area contributed by atoms with Gasteiger partial charge in [0.2, 0.25) is 0 Å². The van der Waals surface area contributed by atoms with Gasteiger partial charge in [0, 0.05) is 19.1 Å². The van der Waals surface area contributed by atoms with E-state index in [1.807, 2.05) is 0 Å². The van der Waals surface area contributed by atoms with Crippen molar-refractivity contribution in [3.63, 3.8) is 0 Å². The van der Waals surface area contributed by atoms with E-state index in [2.05, 4.69) is 5.32 Å². The minimum atomic E-state index is -0.317. The highest BCUT2D eigenvalue weighted by molar-refractivity contribution is 6.31. The lowest BCUT2D eigenvalue weighted by atomic mass is 10.3. The number of hydrogen-bond acceptors (Lipinski definition) is 2. The van der Waals surface area contributed by atoms with E-state index in [-0.39, 0.29) is 11.8 Å². The third kappa shape index (κ3) is 2.53. The van der Waals surface area contributed by atoms with Crippen molar-refractivity contribution < 1.29 is 9.90 Å². The first-order chi connectivity index (χ1) is 6.50. The fraction of sp³-hybridized carbons (Fsp3) is 0.222. The molecule has 2 amide bonds. The number of halogens is 1. The van der Waals surface area contributed by atoms with Crippen molar-refractivity contribution in [2.45, 2.75) is 0 Å². The maximum Gasteiger partial charge on any atom is 0.321 e. The third-order valence-electron chi connectivity index (χ3n) is 1.61. The van der Waals surface area contributed by atoms with Crippen LogP contribution in [0.4, 0.5) is 10.5 Å². The summed E-state index contributed by atoms with van der Waals surface area (Å²) in [6, 6.07) is 4.14. The zero-order valence-electron chi connectivity index (χ0n) is 7.91. The molecule has 5 heteroatoms. The van der Waals surface area contributed by atoms with Crippen LogP contribution in [0.1, 0.15) is 0 Å². The molecule has 76 valence electrons. The summed E-state index contributed by atoms with van der Waals surface area (Å²) in [7, 11) is 3.22. The van der Waals surface area contributed by atoms with Crippen LogP contribution in [0.2, 0.25) is 5.02 Å². The van der Waals surface area contributed by atoms with E-state index in [1.54, 1.807) is 20.2 Å². The SMILES string of the molecule is CN(C)C(=O)Nc1cc(Cl)ccc1O. The van der Waals surface area contributed by atoms with Gasteiger partial charge in [-0.3, -0.25) is 0 Å². The molecular weight excluding hydrogens is 204 g/mol. The van der Waals surface area contributed by atoms with E-state index >= 15 is 0 Å². The number of rotatable bonds is 1. The molecule has 0 aliphatic carbocycles. The lowest BCUT2D eigenvalue weighted by molar-refractivity contribution is 0.230. The highest BCUT2D eigenvalue weighted by Gasteiger charge is 2.07. The van der Waals surface area contributed by atoms with Gasteiger partial charge in [0.1, 0.15) is 5.75 Å². The van der Waals surface area contributed by atoms with Gasteiger partial charge in [-0.1, -0.05) is 11.6 Å². The highest BCUT2D eigenvalue weighted by Crippen LogP contribution is 2.26. The van der Waals surface area contributed by atoms with Crippen molar-refractivity contribution in [3.8, 4) is 5.75 Å². The van der Waals surface area contributed by atoms with Crippen LogP contribution in [0, 0.1) is 0 Å². The first-order valence-electron chi connectivity index (χ1n) is 3.97. The summed E-state index contributed by atoms with van der Waals surface area (Å²) in [4.78, 5) is 12.6. The number of carbonyl (C=O) groups excluding carboxylic acids is 1. The molecule has 1 rings (SSSR count). The average Bonchev–Trinajstić information content (AvgIpc) is 2.11. The van der Waals surface area contributed by atoms with Crippen molar-refractivity contribution >= 4 is 23.3 Å². The number of aromatic hydroxyl groups is 1. The Kier molecular flexibility index (Phi) is 3.19. The quantitative estimate of drug-likeness (QED) is 0.704. The number of phenols is 1. The summed E-state index contributed by atoms with van der Waals surface area (Å²) in [6.07, 6.45) is 0. The van der Waals surface area contributed by atoms with Crippen LogP contribution in [0.3, 0.4) is 0 Å². The lowest BCUT2D eigenvalue weighted by Crippen LogP contribution is -2.27. The summed E-state index contributed by atoms with van der Waals surface area (Å²) in [5.41, 5.74) is 0.302. The molecular formula is C9H11ClN2O2. The zero-order chi connectivity index (χ0) is 10.7. The Balaban J connectivity index is 2.86. The van der Waals surface area contributed by atoms with E-state index in [0.29, 0.717) is 10.7 Å². The molecule has 0 bridgehead atoms. The van der Waals surface area contributed by atoms with E-state index in [1.165, 1.54) is 17.0 Å². The number of amides is 2. The fourth-order valence-electron chi connectivity index (χ4n) is 0.835. The first-order valence-corrected chi connectivity index (χ1v) is 4.35. The van der Waals surface area contributed by atoms with E-state index in [9.17, 15) is 9.90 Å². The summed E-state index contributed by atoms with van der Waals surface area (Å²) in [6.45, 7) is 0. The molecule has 14 heavy (non-hydrogen) atoms. The third-order valence-corrected chi connectivity index (χ3v) is 1.84. The second kappa shape index (κ2) is 4.19. The number of carbonyl (C=O) groups is 1. The van der Waals surface area contributed by atoms with Crippen molar-refractivity contribution in [1.29, 1.82) is 0 Å². The molecule has 0 radical (unpaired) electrons. The van der Waals surface area contributed by atoms with Crippen LogP contribution in [-0.2, 0) is 0 Å². The Morgan fingerprint density at radius 2 is 2.14 bits per heavy atom. The predicted molar refractivity (Wildman–Crippen MR) is 55.8 cm³/mol. The monoisotopic (exact) mass is 214 g/mol. The van der Waals surface area contributed by atoms with Gasteiger partial charge >= 0.3 is 6.03 Å². The average molecular weight is 215 g/mol. The first kappa shape index (κ1) is 10.7. The van der Waals surface area contributed by atoms with Gasteiger partial charge in [-0.2, -0.15) is 0 Å². The molecule has 1 aromatic carbocycles. The Hall–Kier alpha value is -1.42. The summed E-state index contributed by atoms with van der Waals surface area (Å²) >= 11 is 5.70. The minimum absolute atomic E-state index is 0.00963. The van der Waals surface area contributed by atoms with Crippen LogP contribution < -0.4 is 5.32 Å². The minimum Gasteiger partial charge on any atom is -0.506 e. The largest absolute Gasteiger partial charge is 0.506 e. The molecule has 0 spiro atoms. The predicted octanol–water partition coefficient (Wildman–Crippen LogP) is 2.14. The van der Waals surface area contributed by atoms with Crippen molar-refractivity contribution in [2.75, 3.05) is 19.4 Å². The summed E-state index contributed by atoms with van der Waals surface area (Å²) in [5.74, 6) is -0.00963. The van der Waals surface area contributed by atoms with Crippen molar-refractivity contribution in [2.24, 2.45) is 0 Å². The lowest BCUT2D eigenvalue weighted by Gasteiger charge is -2.12. The van der Waals surface area contributed by atoms with Gasteiger partial charge in [0.05, 0.1) is 5.69 Å². The number of phenolic OH excluding ortho intramolecular Hbond substituents is 1. The number of anilines is 1. The number of nitrogens with zero attached hydrogens (tertiary/aromatic N) is 1. The molecule has 4 nitrogen and oxygen atoms in total. The van der Waals surface area contributed by atoms with Gasteiger partial charge in [0.25, 0.3) is 0 Å². The molecule has 0 fully saturated rings. The Morgan fingerprint density at radius 1 is 1.50 bits per heavy atom. The topological polar surface area (TPSA) is 52.6 Å². The Morgan fingerprint density at radius 3 is 2.71 bits per heavy atom. The Labute approximate surface area is 87.1 Å². The number of benzene rings is 1. The summed E-state index contributed by atoms with van der Waals surface area (Å²) in [5, 5.41) is 12.3. The maximum absolute atomic E-state index is 11.2. The molecule has 0 heterocycles. The molecule has 0 saturated carbocycles. The Bertz CT molecular complexity index is 353. The zero-order valence-corrected chi connectivity index (χ0v) is 8.67. The van der Waals surface area contributed by atoms with E-state index < -0.39 is 0 Å². The van der Waals surface area contributed by atoms with Gasteiger partial charge in [-0.05, 0) is 18.2 Å². The molecule has 0 saturated heterocycles. The smallest absolute Gasteiger partial charge is 0.321 e. The molecule has 2 N–H and O–H groups in total. The highest BCUT2D eigenvalue weighted by atomic mass is 35.5. The maximum atomic E-state index is 11.2. The number of nitrogens with one attached hydrogen (secondary N) is 1. The van der Waals surface area contributed by atoms with Gasteiger partial charge in [-0.15, -0.1) is 0 Å². The van der Waals surface area contributed by atoms with Crippen LogP contribution in [0.5, 0.6) is 5.75 Å². The molecule has 0 aliphatic rings. The van der Waals surface area contributed by atoms with E-state index in [4.69, 9.17) is 11.6 Å². The fourth-order valence-corrected chi connectivity index (χ4v) is 1.01. The normalized spacial score (nSPS) is 9.64. The van der Waals surface area contributed by atoms with Crippen molar-refractivity contribution in [3.05, 3.63) is 23.2 Å². The molecule has 1 aromatic rings. The van der Waals surface area contributed by atoms with Gasteiger partial charge < -0.3 is 15.3 Å². The second-order valence-corrected chi connectivity index (χ2v) is 3.42. The van der Waals surface area contributed by atoms with Crippen LogP contribution in [-0.4, -0.2) is 30.1 Å². The van der Waals surface area contributed by atoms with Crippen LogP contribution in [0.15, 0.2) is 18.2 Å². The molecule has 0 unspecified atom stereocenters. The van der Waals surface area contributed by atoms with Crippen LogP contribution in [0.25, 0.3) is 0 Å².